The minimum atomic E-state index is -0.974. The van der Waals surface area contributed by atoms with Crippen LogP contribution < -0.4 is 9.47 Å². The minimum Gasteiger partial charge on any atom is -0.490 e. The lowest BCUT2D eigenvalue weighted by Gasteiger charge is -2.26. The van der Waals surface area contributed by atoms with Crippen LogP contribution in [-0.4, -0.2) is 26.9 Å². The van der Waals surface area contributed by atoms with E-state index >= 15 is 0 Å². The van der Waals surface area contributed by atoms with Gasteiger partial charge in [0.05, 0.1) is 19.8 Å². The number of benzene rings is 1. The first-order valence-electron chi connectivity index (χ1n) is 9.04. The van der Waals surface area contributed by atoms with Gasteiger partial charge in [-0.15, -0.1) is 0 Å². The summed E-state index contributed by atoms with van der Waals surface area (Å²) in [6, 6.07) is 2.88. The molecule has 5 heteroatoms. The van der Waals surface area contributed by atoms with Crippen molar-refractivity contribution in [3.05, 3.63) is 35.9 Å². The summed E-state index contributed by atoms with van der Waals surface area (Å²) in [5.74, 6) is -1.08. The fourth-order valence-electron chi connectivity index (χ4n) is 3.05. The van der Waals surface area contributed by atoms with Crippen molar-refractivity contribution < 1.29 is 23.0 Å². The van der Waals surface area contributed by atoms with E-state index in [4.69, 9.17) is 14.2 Å². The highest BCUT2D eigenvalue weighted by Gasteiger charge is 2.21. The number of allylic oxidation sites excluding steroid dienone is 1. The Labute approximate surface area is 149 Å². The van der Waals surface area contributed by atoms with Crippen LogP contribution in [-0.2, 0) is 4.74 Å². The van der Waals surface area contributed by atoms with E-state index in [9.17, 15) is 8.78 Å². The van der Waals surface area contributed by atoms with Gasteiger partial charge in [0.15, 0.2) is 11.5 Å². The predicted molar refractivity (Wildman–Crippen MR) is 94.1 cm³/mol. The average molecular weight is 354 g/mol. The molecule has 25 heavy (non-hydrogen) atoms. The van der Waals surface area contributed by atoms with Crippen LogP contribution in [0.3, 0.4) is 0 Å². The Hall–Kier alpha value is -1.62. The average Bonchev–Trinajstić information content (AvgIpc) is 2.63. The van der Waals surface area contributed by atoms with Crippen LogP contribution in [0.25, 0.3) is 0 Å². The first-order valence-corrected chi connectivity index (χ1v) is 9.04. The second kappa shape index (κ2) is 10.4. The standard InChI is InChI=1S/C20H28F2O3/c1-3-12-24-17-10-11-18(20(22)19(17)21)25-14-16-8-6-15(7-9-16)5-4-13-23-2/h4-5,10-11,15-16H,3,6-9,12-14H2,1-2H3/t15-,16-. The number of methoxy groups -OCH3 is 1. The molecule has 1 aliphatic carbocycles. The summed E-state index contributed by atoms with van der Waals surface area (Å²) in [7, 11) is 1.68. The fraction of sp³-hybridized carbons (Fsp3) is 0.600. The van der Waals surface area contributed by atoms with E-state index < -0.39 is 11.6 Å². The van der Waals surface area contributed by atoms with Crippen LogP contribution in [0.2, 0.25) is 0 Å². The van der Waals surface area contributed by atoms with Gasteiger partial charge in [-0.1, -0.05) is 19.1 Å². The molecule has 0 atom stereocenters. The van der Waals surface area contributed by atoms with E-state index in [1.165, 1.54) is 12.1 Å². The summed E-state index contributed by atoms with van der Waals surface area (Å²) in [4.78, 5) is 0. The van der Waals surface area contributed by atoms with Crippen LogP contribution >= 0.6 is 0 Å². The first kappa shape index (κ1) is 19.7. The lowest BCUT2D eigenvalue weighted by Crippen LogP contribution is -2.19. The van der Waals surface area contributed by atoms with Crippen molar-refractivity contribution in [1.29, 1.82) is 0 Å². The van der Waals surface area contributed by atoms with Crippen molar-refractivity contribution in [3.63, 3.8) is 0 Å². The Morgan fingerprint density at radius 2 is 1.68 bits per heavy atom. The summed E-state index contributed by atoms with van der Waals surface area (Å²) in [5, 5.41) is 0. The Morgan fingerprint density at radius 1 is 1.04 bits per heavy atom. The quantitative estimate of drug-likeness (QED) is 0.575. The molecule has 1 aromatic carbocycles. The second-order valence-corrected chi connectivity index (χ2v) is 6.51. The topological polar surface area (TPSA) is 27.7 Å². The Kier molecular flexibility index (Phi) is 8.19. The van der Waals surface area contributed by atoms with Gasteiger partial charge in [0.25, 0.3) is 0 Å². The van der Waals surface area contributed by atoms with E-state index in [1.54, 1.807) is 7.11 Å². The van der Waals surface area contributed by atoms with Gasteiger partial charge in [-0.2, -0.15) is 8.78 Å². The first-order chi connectivity index (χ1) is 12.2. The van der Waals surface area contributed by atoms with Crippen molar-refractivity contribution in [1.82, 2.24) is 0 Å². The van der Waals surface area contributed by atoms with Crippen molar-refractivity contribution in [2.45, 2.75) is 39.0 Å². The van der Waals surface area contributed by atoms with Gasteiger partial charge in [0.1, 0.15) is 0 Å². The third kappa shape index (κ3) is 5.99. The van der Waals surface area contributed by atoms with E-state index in [0.29, 0.717) is 31.7 Å². The maximum atomic E-state index is 14.1. The Balaban J connectivity index is 1.81. The molecular weight excluding hydrogens is 326 g/mol. The third-order valence-electron chi connectivity index (χ3n) is 4.51. The number of hydrogen-bond acceptors (Lipinski definition) is 3. The summed E-state index contributed by atoms with van der Waals surface area (Å²) in [6.07, 6.45) is 9.26. The van der Waals surface area contributed by atoms with Crippen molar-refractivity contribution >= 4 is 0 Å². The van der Waals surface area contributed by atoms with Gasteiger partial charge in [0, 0.05) is 7.11 Å². The minimum absolute atomic E-state index is 0.0385. The van der Waals surface area contributed by atoms with Crippen molar-refractivity contribution in [3.8, 4) is 11.5 Å². The van der Waals surface area contributed by atoms with Gasteiger partial charge in [-0.05, 0) is 56.1 Å². The van der Waals surface area contributed by atoms with Gasteiger partial charge in [-0.3, -0.25) is 0 Å². The van der Waals surface area contributed by atoms with Crippen LogP contribution in [0.15, 0.2) is 24.3 Å². The van der Waals surface area contributed by atoms with Gasteiger partial charge >= 0.3 is 0 Å². The van der Waals surface area contributed by atoms with Gasteiger partial charge in [0.2, 0.25) is 11.6 Å². The second-order valence-electron chi connectivity index (χ2n) is 6.51. The molecular formula is C20H28F2O3. The molecule has 0 aromatic heterocycles. The van der Waals surface area contributed by atoms with Crippen molar-refractivity contribution in [2.75, 3.05) is 26.9 Å². The smallest absolute Gasteiger partial charge is 0.204 e. The summed E-state index contributed by atoms with van der Waals surface area (Å²) < 4.78 is 43.8. The Bertz CT molecular complexity index is 552. The molecule has 1 aromatic rings. The molecule has 0 heterocycles. The predicted octanol–water partition coefficient (Wildman–Crippen LogP) is 5.14. The van der Waals surface area contributed by atoms with E-state index in [1.807, 2.05) is 6.92 Å². The highest BCUT2D eigenvalue weighted by molar-refractivity contribution is 5.35. The molecule has 3 nitrogen and oxygen atoms in total. The maximum absolute atomic E-state index is 14.1. The summed E-state index contributed by atoms with van der Waals surface area (Å²) >= 11 is 0. The monoisotopic (exact) mass is 354 g/mol. The highest BCUT2D eigenvalue weighted by Crippen LogP contribution is 2.32. The molecule has 0 unspecified atom stereocenters. The van der Waals surface area contributed by atoms with E-state index in [-0.39, 0.29) is 11.5 Å². The molecule has 140 valence electrons. The van der Waals surface area contributed by atoms with Gasteiger partial charge < -0.3 is 14.2 Å². The number of halogens is 2. The molecule has 1 aliphatic rings. The molecule has 0 radical (unpaired) electrons. The molecule has 0 amide bonds. The highest BCUT2D eigenvalue weighted by atomic mass is 19.2. The van der Waals surface area contributed by atoms with Crippen LogP contribution in [0.4, 0.5) is 8.78 Å². The van der Waals surface area contributed by atoms with Crippen LogP contribution in [0, 0.1) is 23.5 Å². The molecule has 1 fully saturated rings. The molecule has 2 rings (SSSR count). The molecule has 0 spiro atoms. The number of rotatable bonds is 9. The van der Waals surface area contributed by atoms with E-state index in [2.05, 4.69) is 12.2 Å². The van der Waals surface area contributed by atoms with Crippen LogP contribution in [0.1, 0.15) is 39.0 Å². The fourth-order valence-corrected chi connectivity index (χ4v) is 3.05. The zero-order valence-corrected chi connectivity index (χ0v) is 15.1. The number of ether oxygens (including phenoxy) is 3. The molecule has 0 N–H and O–H groups in total. The van der Waals surface area contributed by atoms with E-state index in [0.717, 1.165) is 32.1 Å². The Morgan fingerprint density at radius 3 is 2.28 bits per heavy atom. The zero-order valence-electron chi connectivity index (χ0n) is 15.1. The van der Waals surface area contributed by atoms with Crippen molar-refractivity contribution in [2.24, 2.45) is 11.8 Å². The lowest BCUT2D eigenvalue weighted by molar-refractivity contribution is 0.186. The SMILES string of the molecule is CCCOc1ccc(OC[C@H]2CC[C@H](C=CCOC)CC2)c(F)c1F. The lowest BCUT2D eigenvalue weighted by atomic mass is 9.82. The molecule has 1 saturated carbocycles. The molecule has 0 aliphatic heterocycles. The third-order valence-corrected chi connectivity index (χ3v) is 4.51. The maximum Gasteiger partial charge on any atom is 0.204 e. The normalized spacial score (nSPS) is 20.8. The zero-order chi connectivity index (χ0) is 18.1. The number of hydrogen-bond donors (Lipinski definition) is 0. The summed E-state index contributed by atoms with van der Waals surface area (Å²) in [5.41, 5.74) is 0. The summed E-state index contributed by atoms with van der Waals surface area (Å²) in [6.45, 7) is 3.33. The molecule has 0 saturated heterocycles. The largest absolute Gasteiger partial charge is 0.490 e. The molecule has 0 bridgehead atoms. The van der Waals surface area contributed by atoms with Gasteiger partial charge in [-0.25, -0.2) is 0 Å². The van der Waals surface area contributed by atoms with Crippen LogP contribution in [0.5, 0.6) is 11.5 Å².